The van der Waals surface area contributed by atoms with Crippen LogP contribution in [0.25, 0.3) is 0 Å². The summed E-state index contributed by atoms with van der Waals surface area (Å²) in [5.41, 5.74) is 5.76. The van der Waals surface area contributed by atoms with Crippen molar-refractivity contribution in [2.45, 2.75) is 39.0 Å². The molecule has 1 fully saturated rings. The van der Waals surface area contributed by atoms with E-state index in [4.69, 9.17) is 10.8 Å². The van der Waals surface area contributed by atoms with Crippen LogP contribution in [0.4, 0.5) is 0 Å². The number of nitrogens with zero attached hydrogens (tertiary/aromatic N) is 1. The highest BCUT2D eigenvalue weighted by atomic mass is 16.3. The Hall–Kier alpha value is -0.610. The maximum Gasteiger partial charge on any atom is 0.226 e. The van der Waals surface area contributed by atoms with E-state index < -0.39 is 0 Å². The summed E-state index contributed by atoms with van der Waals surface area (Å²) in [6.07, 6.45) is 5.30. The molecular formula is C13H26N2O2. The zero-order chi connectivity index (χ0) is 12.7. The molecule has 2 unspecified atom stereocenters. The summed E-state index contributed by atoms with van der Waals surface area (Å²) >= 11 is 0. The first-order chi connectivity index (χ1) is 8.24. The monoisotopic (exact) mass is 242 g/mol. The normalized spacial score (nSPS) is 24.6. The number of amides is 1. The molecule has 0 spiro atoms. The fourth-order valence-electron chi connectivity index (χ4n) is 2.77. The van der Waals surface area contributed by atoms with E-state index in [0.717, 1.165) is 32.2 Å². The van der Waals surface area contributed by atoms with Crippen molar-refractivity contribution < 1.29 is 9.90 Å². The largest absolute Gasteiger partial charge is 0.395 e. The molecule has 3 N–H and O–H groups in total. The molecule has 0 aromatic rings. The van der Waals surface area contributed by atoms with Crippen LogP contribution in [-0.4, -0.2) is 42.2 Å². The van der Waals surface area contributed by atoms with Crippen LogP contribution >= 0.6 is 0 Å². The van der Waals surface area contributed by atoms with Gasteiger partial charge in [0, 0.05) is 19.0 Å². The van der Waals surface area contributed by atoms with Gasteiger partial charge in [-0.1, -0.05) is 19.8 Å². The lowest BCUT2D eigenvalue weighted by molar-refractivity contribution is -0.139. The second kappa shape index (κ2) is 7.67. The molecule has 0 bridgehead atoms. The highest BCUT2D eigenvalue weighted by Gasteiger charge is 2.32. The summed E-state index contributed by atoms with van der Waals surface area (Å²) in [7, 11) is 0. The topological polar surface area (TPSA) is 66.6 Å². The molecule has 4 heteroatoms. The zero-order valence-electron chi connectivity index (χ0n) is 10.9. The van der Waals surface area contributed by atoms with Crippen molar-refractivity contribution in [2.75, 3.05) is 26.2 Å². The van der Waals surface area contributed by atoms with Crippen molar-refractivity contribution in [1.29, 1.82) is 0 Å². The number of aliphatic hydroxyl groups excluding tert-OH is 1. The van der Waals surface area contributed by atoms with E-state index in [0.29, 0.717) is 19.0 Å². The summed E-state index contributed by atoms with van der Waals surface area (Å²) in [6.45, 7) is 3.91. The SMILES string of the molecule is CCCN(CCO)C(=O)C1CCCCC1CN. The van der Waals surface area contributed by atoms with Gasteiger partial charge in [0.15, 0.2) is 0 Å². The van der Waals surface area contributed by atoms with Gasteiger partial charge in [0.1, 0.15) is 0 Å². The van der Waals surface area contributed by atoms with Crippen LogP contribution in [0.2, 0.25) is 0 Å². The van der Waals surface area contributed by atoms with Gasteiger partial charge < -0.3 is 15.7 Å². The van der Waals surface area contributed by atoms with E-state index in [2.05, 4.69) is 6.92 Å². The average molecular weight is 242 g/mol. The van der Waals surface area contributed by atoms with Gasteiger partial charge in [0.05, 0.1) is 6.61 Å². The fraction of sp³-hybridized carbons (Fsp3) is 0.923. The van der Waals surface area contributed by atoms with Crippen molar-refractivity contribution in [3.63, 3.8) is 0 Å². The predicted molar refractivity (Wildman–Crippen MR) is 68.5 cm³/mol. The standard InChI is InChI=1S/C13H26N2O2/c1-2-7-15(8-9-16)13(17)12-6-4-3-5-11(12)10-14/h11-12,16H,2-10,14H2,1H3. The van der Waals surface area contributed by atoms with Gasteiger partial charge in [-0.05, 0) is 31.7 Å². The second-order valence-electron chi connectivity index (χ2n) is 4.94. The third-order valence-electron chi connectivity index (χ3n) is 3.70. The maximum atomic E-state index is 12.4. The minimum Gasteiger partial charge on any atom is -0.395 e. The van der Waals surface area contributed by atoms with E-state index in [1.807, 2.05) is 0 Å². The number of hydrogen-bond acceptors (Lipinski definition) is 3. The minimum absolute atomic E-state index is 0.0474. The number of aliphatic hydroxyl groups is 1. The molecule has 1 amide bonds. The molecule has 0 radical (unpaired) electrons. The first kappa shape index (κ1) is 14.5. The van der Waals surface area contributed by atoms with E-state index in [1.165, 1.54) is 6.42 Å². The van der Waals surface area contributed by atoms with Crippen LogP contribution in [0.3, 0.4) is 0 Å². The van der Waals surface area contributed by atoms with Gasteiger partial charge in [0.2, 0.25) is 5.91 Å². The molecule has 0 heterocycles. The number of nitrogens with two attached hydrogens (primary N) is 1. The van der Waals surface area contributed by atoms with E-state index in [1.54, 1.807) is 4.90 Å². The van der Waals surface area contributed by atoms with Crippen molar-refractivity contribution >= 4 is 5.91 Å². The van der Waals surface area contributed by atoms with Gasteiger partial charge in [0.25, 0.3) is 0 Å². The van der Waals surface area contributed by atoms with Crippen molar-refractivity contribution in [3.05, 3.63) is 0 Å². The minimum atomic E-state index is 0.0474. The highest BCUT2D eigenvalue weighted by Crippen LogP contribution is 2.30. The van der Waals surface area contributed by atoms with Crippen molar-refractivity contribution in [2.24, 2.45) is 17.6 Å². The summed E-state index contributed by atoms with van der Waals surface area (Å²) in [5.74, 6) is 0.636. The number of carbonyl (C=O) groups is 1. The Kier molecular flexibility index (Phi) is 6.52. The van der Waals surface area contributed by atoms with Crippen molar-refractivity contribution in [3.8, 4) is 0 Å². The smallest absolute Gasteiger partial charge is 0.226 e. The molecular weight excluding hydrogens is 216 g/mol. The average Bonchev–Trinajstić information content (AvgIpc) is 2.37. The summed E-state index contributed by atoms with van der Waals surface area (Å²) < 4.78 is 0. The molecule has 2 atom stereocenters. The lowest BCUT2D eigenvalue weighted by atomic mass is 9.78. The molecule has 1 aliphatic rings. The van der Waals surface area contributed by atoms with Crippen LogP contribution < -0.4 is 5.73 Å². The zero-order valence-corrected chi connectivity index (χ0v) is 10.9. The Bertz CT molecular complexity index is 227. The van der Waals surface area contributed by atoms with Crippen molar-refractivity contribution in [1.82, 2.24) is 4.90 Å². The molecule has 17 heavy (non-hydrogen) atoms. The van der Waals surface area contributed by atoms with Crippen LogP contribution in [0.1, 0.15) is 39.0 Å². The van der Waals surface area contributed by atoms with E-state index in [9.17, 15) is 4.79 Å². The first-order valence-corrected chi connectivity index (χ1v) is 6.84. The number of hydrogen-bond donors (Lipinski definition) is 2. The maximum absolute atomic E-state index is 12.4. The molecule has 1 rings (SSSR count). The number of carbonyl (C=O) groups excluding carboxylic acids is 1. The van der Waals surface area contributed by atoms with Crippen LogP contribution in [-0.2, 0) is 4.79 Å². The second-order valence-corrected chi connectivity index (χ2v) is 4.94. The molecule has 4 nitrogen and oxygen atoms in total. The third-order valence-corrected chi connectivity index (χ3v) is 3.70. The lowest BCUT2D eigenvalue weighted by Gasteiger charge is -2.34. The summed E-state index contributed by atoms with van der Waals surface area (Å²) in [4.78, 5) is 14.2. The fourth-order valence-corrected chi connectivity index (χ4v) is 2.77. The Morgan fingerprint density at radius 3 is 2.65 bits per heavy atom. The lowest BCUT2D eigenvalue weighted by Crippen LogP contribution is -2.43. The molecule has 1 saturated carbocycles. The molecule has 0 saturated heterocycles. The molecule has 0 aromatic heterocycles. The summed E-state index contributed by atoms with van der Waals surface area (Å²) in [5, 5.41) is 9.02. The van der Waals surface area contributed by atoms with Crippen LogP contribution in [0.5, 0.6) is 0 Å². The number of rotatable bonds is 6. The van der Waals surface area contributed by atoms with E-state index in [-0.39, 0.29) is 18.4 Å². The third kappa shape index (κ3) is 3.96. The molecule has 0 aromatic carbocycles. The van der Waals surface area contributed by atoms with Gasteiger partial charge in [-0.15, -0.1) is 0 Å². The molecule has 1 aliphatic carbocycles. The highest BCUT2D eigenvalue weighted by molar-refractivity contribution is 5.79. The molecule has 100 valence electrons. The summed E-state index contributed by atoms with van der Waals surface area (Å²) in [6, 6.07) is 0. The Morgan fingerprint density at radius 2 is 2.06 bits per heavy atom. The first-order valence-electron chi connectivity index (χ1n) is 6.84. The Labute approximate surface area is 104 Å². The van der Waals surface area contributed by atoms with Gasteiger partial charge in [-0.2, -0.15) is 0 Å². The quantitative estimate of drug-likeness (QED) is 0.729. The van der Waals surface area contributed by atoms with Gasteiger partial charge >= 0.3 is 0 Å². The van der Waals surface area contributed by atoms with Gasteiger partial charge in [-0.25, -0.2) is 0 Å². The van der Waals surface area contributed by atoms with Gasteiger partial charge in [-0.3, -0.25) is 4.79 Å². The van der Waals surface area contributed by atoms with Crippen LogP contribution in [0.15, 0.2) is 0 Å². The molecule has 0 aliphatic heterocycles. The van der Waals surface area contributed by atoms with E-state index >= 15 is 0 Å². The predicted octanol–water partition coefficient (Wildman–Crippen LogP) is 0.982. The van der Waals surface area contributed by atoms with Crippen LogP contribution in [0, 0.1) is 11.8 Å². The Morgan fingerprint density at radius 1 is 1.35 bits per heavy atom. The Balaban J connectivity index is 2.62.